The summed E-state index contributed by atoms with van der Waals surface area (Å²) in [5.41, 5.74) is 6.74. The quantitative estimate of drug-likeness (QED) is 0.861. The van der Waals surface area contributed by atoms with Crippen molar-refractivity contribution in [2.75, 3.05) is 6.26 Å². The first-order chi connectivity index (χ1) is 8.39. The lowest BCUT2D eigenvalue weighted by Crippen LogP contribution is -2.17. The normalized spacial score (nSPS) is 13.5. The van der Waals surface area contributed by atoms with Gasteiger partial charge in [-0.3, -0.25) is 4.68 Å². The van der Waals surface area contributed by atoms with Crippen LogP contribution in [0.1, 0.15) is 17.4 Å². The highest BCUT2D eigenvalue weighted by Gasteiger charge is 2.16. The zero-order chi connectivity index (χ0) is 13.3. The molecule has 1 aromatic heterocycles. The molecule has 0 aliphatic rings. The van der Waals surface area contributed by atoms with Crippen LogP contribution in [0.15, 0.2) is 35.5 Å². The van der Waals surface area contributed by atoms with E-state index in [0.29, 0.717) is 11.4 Å². The second kappa shape index (κ2) is 4.51. The van der Waals surface area contributed by atoms with Crippen molar-refractivity contribution in [1.82, 2.24) is 14.8 Å². The third-order valence-corrected chi connectivity index (χ3v) is 3.78. The molecule has 1 unspecified atom stereocenters. The summed E-state index contributed by atoms with van der Waals surface area (Å²) in [7, 11) is -1.50. The van der Waals surface area contributed by atoms with Crippen molar-refractivity contribution in [2.45, 2.75) is 10.9 Å². The van der Waals surface area contributed by atoms with E-state index in [-0.39, 0.29) is 4.90 Å². The van der Waals surface area contributed by atoms with Gasteiger partial charge in [0.2, 0.25) is 0 Å². The van der Waals surface area contributed by atoms with E-state index in [1.807, 2.05) is 0 Å². The first kappa shape index (κ1) is 12.7. The Morgan fingerprint density at radius 1 is 1.39 bits per heavy atom. The van der Waals surface area contributed by atoms with Crippen molar-refractivity contribution in [2.24, 2.45) is 12.8 Å². The molecule has 0 amide bonds. The number of rotatable bonds is 3. The SMILES string of the molecule is Cn1ncnc1C(N)c1cccc(S(C)(=O)=O)c1. The Morgan fingerprint density at radius 3 is 2.67 bits per heavy atom. The van der Waals surface area contributed by atoms with Crippen LogP contribution in [-0.2, 0) is 16.9 Å². The molecule has 0 aliphatic carbocycles. The molecule has 1 atom stereocenters. The van der Waals surface area contributed by atoms with E-state index >= 15 is 0 Å². The third kappa shape index (κ3) is 2.41. The fourth-order valence-corrected chi connectivity index (χ4v) is 2.35. The molecule has 0 spiro atoms. The van der Waals surface area contributed by atoms with Crippen LogP contribution < -0.4 is 5.73 Å². The van der Waals surface area contributed by atoms with Gasteiger partial charge in [-0.15, -0.1) is 0 Å². The maximum atomic E-state index is 11.5. The van der Waals surface area contributed by atoms with Crippen LogP contribution in [-0.4, -0.2) is 29.4 Å². The number of hydrogen-bond donors (Lipinski definition) is 1. The van der Waals surface area contributed by atoms with Gasteiger partial charge < -0.3 is 5.73 Å². The fourth-order valence-electron chi connectivity index (χ4n) is 1.67. The van der Waals surface area contributed by atoms with E-state index in [4.69, 9.17) is 5.73 Å². The molecule has 1 aromatic carbocycles. The average Bonchev–Trinajstić information content (AvgIpc) is 2.73. The lowest BCUT2D eigenvalue weighted by Gasteiger charge is -2.11. The summed E-state index contributed by atoms with van der Waals surface area (Å²) in [5.74, 6) is 0.584. The summed E-state index contributed by atoms with van der Waals surface area (Å²) in [4.78, 5) is 4.31. The lowest BCUT2D eigenvalue weighted by molar-refractivity contribution is 0.601. The van der Waals surface area contributed by atoms with Crippen molar-refractivity contribution in [1.29, 1.82) is 0 Å². The van der Waals surface area contributed by atoms with Gasteiger partial charge >= 0.3 is 0 Å². The first-order valence-corrected chi connectivity index (χ1v) is 7.18. The molecule has 7 heteroatoms. The van der Waals surface area contributed by atoms with Crippen molar-refractivity contribution in [3.8, 4) is 0 Å². The minimum Gasteiger partial charge on any atom is -0.318 e. The largest absolute Gasteiger partial charge is 0.318 e. The topological polar surface area (TPSA) is 90.9 Å². The highest BCUT2D eigenvalue weighted by molar-refractivity contribution is 7.90. The van der Waals surface area contributed by atoms with Gasteiger partial charge in [-0.05, 0) is 17.7 Å². The number of aryl methyl sites for hydroxylation is 1. The summed E-state index contributed by atoms with van der Waals surface area (Å²) in [5, 5.41) is 3.94. The van der Waals surface area contributed by atoms with E-state index in [1.54, 1.807) is 36.0 Å². The van der Waals surface area contributed by atoms with Gasteiger partial charge in [0.1, 0.15) is 12.2 Å². The molecule has 18 heavy (non-hydrogen) atoms. The van der Waals surface area contributed by atoms with Crippen molar-refractivity contribution in [3.05, 3.63) is 42.0 Å². The number of hydrogen-bond acceptors (Lipinski definition) is 5. The van der Waals surface area contributed by atoms with Crippen molar-refractivity contribution in [3.63, 3.8) is 0 Å². The van der Waals surface area contributed by atoms with Crippen molar-refractivity contribution >= 4 is 9.84 Å². The van der Waals surface area contributed by atoms with E-state index in [0.717, 1.165) is 0 Å². The zero-order valence-corrected chi connectivity index (χ0v) is 10.9. The highest BCUT2D eigenvalue weighted by atomic mass is 32.2. The van der Waals surface area contributed by atoms with Crippen molar-refractivity contribution < 1.29 is 8.42 Å². The van der Waals surface area contributed by atoms with Gasteiger partial charge in [0.05, 0.1) is 10.9 Å². The van der Waals surface area contributed by atoms with Gasteiger partial charge in [0.25, 0.3) is 0 Å². The summed E-state index contributed by atoms with van der Waals surface area (Å²) in [6, 6.07) is 6.05. The van der Waals surface area contributed by atoms with Gasteiger partial charge in [0.15, 0.2) is 9.84 Å². The van der Waals surface area contributed by atoms with Gasteiger partial charge in [-0.25, -0.2) is 13.4 Å². The summed E-state index contributed by atoms with van der Waals surface area (Å²) in [6.07, 6.45) is 2.58. The zero-order valence-electron chi connectivity index (χ0n) is 10.1. The van der Waals surface area contributed by atoms with E-state index in [2.05, 4.69) is 10.1 Å². The Morgan fingerprint density at radius 2 is 2.11 bits per heavy atom. The van der Waals surface area contributed by atoms with Crippen LogP contribution in [0.2, 0.25) is 0 Å². The highest BCUT2D eigenvalue weighted by Crippen LogP contribution is 2.20. The number of sulfone groups is 1. The van der Waals surface area contributed by atoms with E-state index in [1.165, 1.54) is 12.6 Å². The molecule has 2 N–H and O–H groups in total. The minimum absolute atomic E-state index is 0.248. The molecule has 0 saturated carbocycles. The predicted molar refractivity (Wildman–Crippen MR) is 66.6 cm³/mol. The number of nitrogens with zero attached hydrogens (tertiary/aromatic N) is 3. The molecule has 1 heterocycles. The number of aromatic nitrogens is 3. The molecule has 2 rings (SSSR count). The predicted octanol–water partition coefficient (Wildman–Crippen LogP) is 0.267. The Hall–Kier alpha value is -1.73. The maximum absolute atomic E-state index is 11.5. The van der Waals surface area contributed by atoms with Crippen LogP contribution in [0, 0.1) is 0 Å². The summed E-state index contributed by atoms with van der Waals surface area (Å²) in [6.45, 7) is 0. The Labute approximate surface area is 105 Å². The molecule has 0 radical (unpaired) electrons. The van der Waals surface area contributed by atoms with E-state index in [9.17, 15) is 8.42 Å². The summed E-state index contributed by atoms with van der Waals surface area (Å²) < 4.78 is 24.5. The van der Waals surface area contributed by atoms with E-state index < -0.39 is 15.9 Å². The third-order valence-electron chi connectivity index (χ3n) is 2.67. The average molecular weight is 266 g/mol. The van der Waals surface area contributed by atoms with Gasteiger partial charge in [-0.1, -0.05) is 12.1 Å². The molecule has 96 valence electrons. The van der Waals surface area contributed by atoms with Gasteiger partial charge in [-0.2, -0.15) is 5.10 Å². The van der Waals surface area contributed by atoms with Crippen LogP contribution in [0.4, 0.5) is 0 Å². The molecule has 0 bridgehead atoms. The molecule has 0 aliphatic heterocycles. The Balaban J connectivity index is 2.44. The number of nitrogens with two attached hydrogens (primary N) is 1. The smallest absolute Gasteiger partial charge is 0.175 e. The fraction of sp³-hybridized carbons (Fsp3) is 0.273. The second-order valence-electron chi connectivity index (χ2n) is 4.06. The van der Waals surface area contributed by atoms with Crippen LogP contribution in [0.25, 0.3) is 0 Å². The van der Waals surface area contributed by atoms with Crippen LogP contribution in [0.3, 0.4) is 0 Å². The monoisotopic (exact) mass is 266 g/mol. The molecule has 6 nitrogen and oxygen atoms in total. The van der Waals surface area contributed by atoms with Gasteiger partial charge in [0, 0.05) is 13.3 Å². The second-order valence-corrected chi connectivity index (χ2v) is 6.08. The standard InChI is InChI=1S/C11H14N4O2S/c1-15-11(13-7-14-15)10(12)8-4-3-5-9(6-8)18(2,16)17/h3-7,10H,12H2,1-2H3. The first-order valence-electron chi connectivity index (χ1n) is 5.29. The molecular formula is C11H14N4O2S. The maximum Gasteiger partial charge on any atom is 0.175 e. The molecular weight excluding hydrogens is 252 g/mol. The summed E-state index contributed by atoms with van der Waals surface area (Å²) >= 11 is 0. The Bertz CT molecular complexity index is 663. The van der Waals surface area contributed by atoms with Crippen LogP contribution >= 0.6 is 0 Å². The molecule has 2 aromatic rings. The number of benzene rings is 1. The molecule has 0 saturated heterocycles. The van der Waals surface area contributed by atoms with Crippen LogP contribution in [0.5, 0.6) is 0 Å². The minimum atomic E-state index is -3.24. The lowest BCUT2D eigenvalue weighted by atomic mass is 10.1. The molecule has 0 fully saturated rings. The Kier molecular flexibility index (Phi) is 3.18.